The van der Waals surface area contributed by atoms with Crippen molar-refractivity contribution in [3.8, 4) is 10.8 Å². The number of hydrogen-bond acceptors (Lipinski definition) is 5. The molecule has 5 nitrogen and oxygen atoms in total. The van der Waals surface area contributed by atoms with Gasteiger partial charge in [0.05, 0.1) is 4.88 Å². The fourth-order valence-electron chi connectivity index (χ4n) is 2.27. The van der Waals surface area contributed by atoms with Crippen molar-refractivity contribution in [2.75, 3.05) is 0 Å². The predicted octanol–water partition coefficient (Wildman–Crippen LogP) is 2.06. The summed E-state index contributed by atoms with van der Waals surface area (Å²) in [6.07, 6.45) is 1.80. The Labute approximate surface area is 106 Å². The van der Waals surface area contributed by atoms with Crippen LogP contribution in [0.4, 0.5) is 0 Å². The molecular weight excluding hydrogens is 250 g/mol. The topological polar surface area (TPSA) is 60.9 Å². The average Bonchev–Trinajstić information content (AvgIpc) is 3.08. The molecule has 4 heterocycles. The van der Waals surface area contributed by atoms with E-state index in [-0.39, 0.29) is 5.56 Å². The van der Waals surface area contributed by atoms with E-state index in [1.54, 1.807) is 4.57 Å². The second-order valence-corrected chi connectivity index (χ2v) is 5.19. The number of nitrogens with zero attached hydrogens (tertiary/aromatic N) is 3. The zero-order chi connectivity index (χ0) is 12.1. The molecule has 0 spiro atoms. The van der Waals surface area contributed by atoms with Crippen LogP contribution in [0.2, 0.25) is 0 Å². The number of hydrogen-bond donors (Lipinski definition) is 0. The Morgan fingerprint density at radius 3 is 3.17 bits per heavy atom. The normalized spacial score (nSPS) is 14.2. The van der Waals surface area contributed by atoms with Gasteiger partial charge in [-0.2, -0.15) is 4.98 Å². The number of thiophene rings is 1. The smallest absolute Gasteiger partial charge is 0.283 e. The Kier molecular flexibility index (Phi) is 1.96. The summed E-state index contributed by atoms with van der Waals surface area (Å²) in [5, 5.41) is 1.95. The second kappa shape index (κ2) is 3.52. The van der Waals surface area contributed by atoms with E-state index in [0.29, 0.717) is 17.1 Å². The minimum Gasteiger partial charge on any atom is -0.416 e. The molecule has 18 heavy (non-hydrogen) atoms. The molecule has 0 aliphatic carbocycles. The van der Waals surface area contributed by atoms with Crippen LogP contribution < -0.4 is 5.56 Å². The molecule has 0 bridgehead atoms. The van der Waals surface area contributed by atoms with Crippen LogP contribution in [0.25, 0.3) is 22.0 Å². The maximum absolute atomic E-state index is 12.2. The zero-order valence-electron chi connectivity index (χ0n) is 9.42. The maximum Gasteiger partial charge on any atom is 0.283 e. The lowest BCUT2D eigenvalue weighted by molar-refractivity contribution is 0.604. The number of aryl methyl sites for hydroxylation is 1. The van der Waals surface area contributed by atoms with Crippen LogP contribution in [0, 0.1) is 0 Å². The summed E-state index contributed by atoms with van der Waals surface area (Å²) < 4.78 is 7.29. The highest BCUT2D eigenvalue weighted by atomic mass is 32.1. The lowest BCUT2D eigenvalue weighted by Crippen LogP contribution is -2.20. The van der Waals surface area contributed by atoms with E-state index in [4.69, 9.17) is 4.42 Å². The van der Waals surface area contributed by atoms with E-state index in [1.165, 1.54) is 11.3 Å². The van der Waals surface area contributed by atoms with Crippen LogP contribution >= 0.6 is 11.3 Å². The Balaban J connectivity index is 2.02. The van der Waals surface area contributed by atoms with Gasteiger partial charge >= 0.3 is 0 Å². The van der Waals surface area contributed by atoms with Crippen molar-refractivity contribution < 1.29 is 4.42 Å². The first-order chi connectivity index (χ1) is 8.83. The highest BCUT2D eigenvalue weighted by molar-refractivity contribution is 7.13. The Morgan fingerprint density at radius 2 is 2.33 bits per heavy atom. The summed E-state index contributed by atoms with van der Waals surface area (Å²) in [4.78, 5) is 21.8. The van der Waals surface area contributed by atoms with Gasteiger partial charge in [-0.1, -0.05) is 6.07 Å². The molecular formula is C12H9N3O2S. The molecule has 0 saturated carbocycles. The van der Waals surface area contributed by atoms with Crippen molar-refractivity contribution in [3.63, 3.8) is 0 Å². The first-order valence-electron chi connectivity index (χ1n) is 5.77. The lowest BCUT2D eigenvalue weighted by Gasteiger charge is -1.98. The average molecular weight is 259 g/mol. The quantitative estimate of drug-likeness (QED) is 0.671. The summed E-state index contributed by atoms with van der Waals surface area (Å²) in [7, 11) is 0. The van der Waals surface area contributed by atoms with Gasteiger partial charge in [-0.3, -0.25) is 9.36 Å². The highest BCUT2D eigenvalue weighted by Gasteiger charge is 2.20. The summed E-state index contributed by atoms with van der Waals surface area (Å²) >= 11 is 1.53. The molecule has 0 saturated heterocycles. The Hall–Kier alpha value is -1.95. The van der Waals surface area contributed by atoms with Crippen LogP contribution in [0.1, 0.15) is 12.2 Å². The minimum absolute atomic E-state index is 0.0842. The molecule has 4 rings (SSSR count). The van der Waals surface area contributed by atoms with Gasteiger partial charge in [0.15, 0.2) is 5.52 Å². The number of rotatable bonds is 1. The van der Waals surface area contributed by atoms with Gasteiger partial charge in [-0.25, -0.2) is 4.98 Å². The van der Waals surface area contributed by atoms with Gasteiger partial charge in [0, 0.05) is 13.0 Å². The molecule has 3 aromatic rings. The summed E-state index contributed by atoms with van der Waals surface area (Å²) in [6, 6.07) is 3.84. The Bertz CT molecular complexity index is 786. The molecule has 1 aliphatic rings. The third kappa shape index (κ3) is 1.29. The first-order valence-corrected chi connectivity index (χ1v) is 6.65. The molecule has 0 unspecified atom stereocenters. The summed E-state index contributed by atoms with van der Waals surface area (Å²) in [6.45, 7) is 0.734. The molecule has 1 aliphatic heterocycles. The second-order valence-electron chi connectivity index (χ2n) is 4.24. The fourth-order valence-corrected chi connectivity index (χ4v) is 2.92. The van der Waals surface area contributed by atoms with Gasteiger partial charge in [0.1, 0.15) is 5.82 Å². The van der Waals surface area contributed by atoms with E-state index in [9.17, 15) is 4.79 Å². The third-order valence-electron chi connectivity index (χ3n) is 3.11. The standard InChI is InChI=1S/C12H9N3O2S/c16-12-9-11(13-8-4-1-5-15(8)12)17-10(14-9)7-3-2-6-18-7/h2-3,6H,1,4-5H2. The van der Waals surface area contributed by atoms with Crippen LogP contribution in [-0.4, -0.2) is 14.5 Å². The van der Waals surface area contributed by atoms with Crippen molar-refractivity contribution in [2.24, 2.45) is 0 Å². The molecule has 0 radical (unpaired) electrons. The van der Waals surface area contributed by atoms with Gasteiger partial charge in [0.25, 0.3) is 11.3 Å². The SMILES string of the molecule is O=c1c2nc(-c3cccs3)oc2nc2n1CCC2. The van der Waals surface area contributed by atoms with Crippen LogP contribution in [0.3, 0.4) is 0 Å². The zero-order valence-corrected chi connectivity index (χ0v) is 10.2. The van der Waals surface area contributed by atoms with Crippen molar-refractivity contribution in [2.45, 2.75) is 19.4 Å². The van der Waals surface area contributed by atoms with Gasteiger partial charge in [-0.05, 0) is 17.9 Å². The van der Waals surface area contributed by atoms with E-state index in [0.717, 1.165) is 30.1 Å². The van der Waals surface area contributed by atoms with E-state index < -0.39 is 0 Å². The lowest BCUT2D eigenvalue weighted by atomic mass is 10.4. The van der Waals surface area contributed by atoms with Crippen molar-refractivity contribution in [1.29, 1.82) is 0 Å². The molecule has 0 amide bonds. The van der Waals surface area contributed by atoms with Crippen molar-refractivity contribution >= 4 is 22.6 Å². The molecule has 0 aromatic carbocycles. The van der Waals surface area contributed by atoms with E-state index in [2.05, 4.69) is 9.97 Å². The molecule has 0 fully saturated rings. The van der Waals surface area contributed by atoms with Crippen LogP contribution in [0.5, 0.6) is 0 Å². The van der Waals surface area contributed by atoms with Crippen LogP contribution in [0.15, 0.2) is 26.7 Å². The summed E-state index contributed by atoms with van der Waals surface area (Å²) in [5.74, 6) is 1.29. The van der Waals surface area contributed by atoms with Crippen molar-refractivity contribution in [3.05, 3.63) is 33.7 Å². The maximum atomic E-state index is 12.2. The minimum atomic E-state index is -0.0842. The monoisotopic (exact) mass is 259 g/mol. The highest BCUT2D eigenvalue weighted by Crippen LogP contribution is 2.26. The van der Waals surface area contributed by atoms with Gasteiger partial charge in [0.2, 0.25) is 5.89 Å². The third-order valence-corrected chi connectivity index (χ3v) is 3.97. The van der Waals surface area contributed by atoms with Gasteiger partial charge < -0.3 is 4.42 Å². The summed E-state index contributed by atoms with van der Waals surface area (Å²) in [5.41, 5.74) is 0.611. The largest absolute Gasteiger partial charge is 0.416 e. The fraction of sp³-hybridized carbons (Fsp3) is 0.250. The number of fused-ring (bicyclic) bond motifs is 2. The Morgan fingerprint density at radius 1 is 1.39 bits per heavy atom. The van der Waals surface area contributed by atoms with Gasteiger partial charge in [-0.15, -0.1) is 11.3 Å². The molecule has 90 valence electrons. The molecule has 0 N–H and O–H groups in total. The molecule has 0 atom stereocenters. The van der Waals surface area contributed by atoms with Crippen LogP contribution in [-0.2, 0) is 13.0 Å². The molecule has 3 aromatic heterocycles. The van der Waals surface area contributed by atoms with E-state index in [1.807, 2.05) is 17.5 Å². The number of aromatic nitrogens is 3. The molecule has 6 heteroatoms. The van der Waals surface area contributed by atoms with E-state index >= 15 is 0 Å². The first kappa shape index (κ1) is 10.0. The predicted molar refractivity (Wildman–Crippen MR) is 67.7 cm³/mol. The number of oxazole rings is 1. The van der Waals surface area contributed by atoms with Crippen molar-refractivity contribution in [1.82, 2.24) is 14.5 Å².